The molecule has 7 heteroatoms. The summed E-state index contributed by atoms with van der Waals surface area (Å²) in [6.07, 6.45) is 0. The van der Waals surface area contributed by atoms with Gasteiger partial charge >= 0.3 is 11.7 Å². The van der Waals surface area contributed by atoms with Crippen LogP contribution >= 0.6 is 0 Å². The van der Waals surface area contributed by atoms with E-state index in [0.717, 1.165) is 19.6 Å². The summed E-state index contributed by atoms with van der Waals surface area (Å²) in [5, 5.41) is 9.11. The van der Waals surface area contributed by atoms with Crippen LogP contribution in [0.4, 0.5) is 0 Å². The number of H-pyrrole nitrogens is 2. The Morgan fingerprint density at radius 2 is 2.10 bits per heavy atom. The Morgan fingerprint density at radius 1 is 1.40 bits per heavy atom. The molecule has 7 nitrogen and oxygen atoms in total. The molecule has 0 saturated carbocycles. The number of aromatic amines is 2. The number of imidazole rings is 1. The highest BCUT2D eigenvalue weighted by Gasteiger charge is 2.29. The number of rotatable bonds is 4. The molecular weight excluding hydrogens is 260 g/mol. The SMILES string of the molecule is CC(C)[C@H]1CN(C)CCN1Cc1[nH]c(=O)[nH]c1C(=O)O. The van der Waals surface area contributed by atoms with E-state index in [-0.39, 0.29) is 5.69 Å². The van der Waals surface area contributed by atoms with Gasteiger partial charge in [0.2, 0.25) is 0 Å². The molecule has 0 radical (unpaired) electrons. The van der Waals surface area contributed by atoms with Crippen LogP contribution in [0, 0.1) is 5.92 Å². The maximum Gasteiger partial charge on any atom is 0.354 e. The number of nitrogens with zero attached hydrogens (tertiary/aromatic N) is 2. The molecule has 0 amide bonds. The van der Waals surface area contributed by atoms with Gasteiger partial charge in [-0.1, -0.05) is 13.8 Å². The van der Waals surface area contributed by atoms with Gasteiger partial charge in [-0.2, -0.15) is 0 Å². The third-order valence-electron chi connectivity index (χ3n) is 3.89. The summed E-state index contributed by atoms with van der Waals surface area (Å²) in [4.78, 5) is 31.9. The lowest BCUT2D eigenvalue weighted by Gasteiger charge is -2.42. The lowest BCUT2D eigenvalue weighted by molar-refractivity contribution is 0.0548. The molecule has 0 aliphatic carbocycles. The van der Waals surface area contributed by atoms with Gasteiger partial charge in [-0.15, -0.1) is 0 Å². The quantitative estimate of drug-likeness (QED) is 0.732. The van der Waals surface area contributed by atoms with Gasteiger partial charge < -0.3 is 15.0 Å². The summed E-state index contributed by atoms with van der Waals surface area (Å²) in [5.41, 5.74) is -0.0400. The summed E-state index contributed by atoms with van der Waals surface area (Å²) in [5.74, 6) is -0.634. The first kappa shape index (κ1) is 14.8. The normalized spacial score (nSPS) is 21.5. The lowest BCUT2D eigenvalue weighted by Crippen LogP contribution is -2.53. The van der Waals surface area contributed by atoms with Crippen LogP contribution < -0.4 is 5.69 Å². The Kier molecular flexibility index (Phi) is 4.29. The van der Waals surface area contributed by atoms with Crippen LogP contribution in [0.25, 0.3) is 0 Å². The number of hydrogen-bond acceptors (Lipinski definition) is 4. The number of aromatic nitrogens is 2. The monoisotopic (exact) mass is 282 g/mol. The highest BCUT2D eigenvalue weighted by atomic mass is 16.4. The highest BCUT2D eigenvalue weighted by Crippen LogP contribution is 2.19. The number of carboxylic acids is 1. The Balaban J connectivity index is 2.19. The minimum absolute atomic E-state index is 0.0311. The fraction of sp³-hybridized carbons (Fsp3) is 0.692. The fourth-order valence-corrected chi connectivity index (χ4v) is 2.74. The van der Waals surface area contributed by atoms with Crippen molar-refractivity contribution in [2.24, 2.45) is 5.92 Å². The van der Waals surface area contributed by atoms with E-state index < -0.39 is 11.7 Å². The second-order valence-electron chi connectivity index (χ2n) is 5.78. The number of carbonyl (C=O) groups is 1. The minimum Gasteiger partial charge on any atom is -0.477 e. The molecular formula is C13H22N4O3. The zero-order valence-corrected chi connectivity index (χ0v) is 12.1. The lowest BCUT2D eigenvalue weighted by atomic mass is 9.99. The van der Waals surface area contributed by atoms with Gasteiger partial charge in [-0.05, 0) is 13.0 Å². The van der Waals surface area contributed by atoms with Crippen molar-refractivity contribution in [1.82, 2.24) is 19.8 Å². The summed E-state index contributed by atoms with van der Waals surface area (Å²) < 4.78 is 0. The molecule has 2 heterocycles. The molecule has 1 aromatic heterocycles. The average Bonchev–Trinajstić information content (AvgIpc) is 2.72. The summed E-state index contributed by atoms with van der Waals surface area (Å²) in [7, 11) is 2.09. The zero-order chi connectivity index (χ0) is 14.9. The van der Waals surface area contributed by atoms with Gasteiger partial charge in [0.1, 0.15) is 5.69 Å². The fourth-order valence-electron chi connectivity index (χ4n) is 2.74. The molecule has 1 fully saturated rings. The molecule has 1 saturated heterocycles. The first-order valence-electron chi connectivity index (χ1n) is 6.85. The summed E-state index contributed by atoms with van der Waals surface area (Å²) in [6.45, 7) is 7.54. The maximum absolute atomic E-state index is 11.3. The van der Waals surface area contributed by atoms with E-state index in [9.17, 15) is 9.59 Å². The Hall–Kier alpha value is -1.60. The standard InChI is InChI=1S/C13H22N4O3/c1-8(2)10-7-16(3)4-5-17(10)6-9-11(12(18)19)15-13(20)14-9/h8,10H,4-7H2,1-3H3,(H,18,19)(H2,14,15,20)/t10-/m1/s1. The number of hydrogen-bond donors (Lipinski definition) is 3. The van der Waals surface area contributed by atoms with Gasteiger partial charge in [0.15, 0.2) is 0 Å². The summed E-state index contributed by atoms with van der Waals surface area (Å²) >= 11 is 0. The predicted octanol–water partition coefficient (Wildman–Crippen LogP) is 0.173. The molecule has 0 aromatic carbocycles. The summed E-state index contributed by atoms with van der Waals surface area (Å²) in [6, 6.07) is 0.355. The van der Waals surface area contributed by atoms with E-state index >= 15 is 0 Å². The number of likely N-dealkylation sites (N-methyl/N-ethyl adjacent to an activating group) is 1. The van der Waals surface area contributed by atoms with E-state index in [1.807, 2.05) is 0 Å². The molecule has 1 atom stereocenters. The molecule has 20 heavy (non-hydrogen) atoms. The second kappa shape index (κ2) is 5.80. The van der Waals surface area contributed by atoms with Crippen LogP contribution in [-0.4, -0.2) is 63.6 Å². The molecule has 0 spiro atoms. The van der Waals surface area contributed by atoms with Crippen molar-refractivity contribution in [3.05, 3.63) is 21.9 Å². The zero-order valence-electron chi connectivity index (χ0n) is 12.1. The van der Waals surface area contributed by atoms with Crippen molar-refractivity contribution in [2.75, 3.05) is 26.7 Å². The third kappa shape index (κ3) is 3.10. The van der Waals surface area contributed by atoms with E-state index in [4.69, 9.17) is 5.11 Å². The smallest absolute Gasteiger partial charge is 0.354 e. The van der Waals surface area contributed by atoms with Crippen molar-refractivity contribution >= 4 is 5.97 Å². The number of nitrogens with one attached hydrogen (secondary N) is 2. The second-order valence-corrected chi connectivity index (χ2v) is 5.78. The Labute approximate surface area is 117 Å². The van der Waals surface area contributed by atoms with Gasteiger partial charge in [0.05, 0.1) is 5.69 Å². The van der Waals surface area contributed by atoms with Gasteiger partial charge in [0, 0.05) is 32.2 Å². The van der Waals surface area contributed by atoms with Crippen LogP contribution in [0.1, 0.15) is 30.0 Å². The van der Waals surface area contributed by atoms with E-state index in [2.05, 4.69) is 40.7 Å². The largest absolute Gasteiger partial charge is 0.477 e. The van der Waals surface area contributed by atoms with Crippen LogP contribution in [0.15, 0.2) is 4.79 Å². The molecule has 0 unspecified atom stereocenters. The van der Waals surface area contributed by atoms with E-state index in [1.165, 1.54) is 0 Å². The average molecular weight is 282 g/mol. The van der Waals surface area contributed by atoms with Crippen molar-refractivity contribution in [3.63, 3.8) is 0 Å². The maximum atomic E-state index is 11.3. The van der Waals surface area contributed by atoms with E-state index in [1.54, 1.807) is 0 Å². The predicted molar refractivity (Wildman–Crippen MR) is 74.9 cm³/mol. The molecule has 2 rings (SSSR count). The van der Waals surface area contributed by atoms with Crippen molar-refractivity contribution in [1.29, 1.82) is 0 Å². The molecule has 0 bridgehead atoms. The van der Waals surface area contributed by atoms with Crippen molar-refractivity contribution < 1.29 is 9.90 Å². The van der Waals surface area contributed by atoms with E-state index in [0.29, 0.717) is 24.2 Å². The van der Waals surface area contributed by atoms with Crippen LogP contribution in [0.5, 0.6) is 0 Å². The molecule has 1 aromatic rings. The van der Waals surface area contributed by atoms with Crippen molar-refractivity contribution in [3.8, 4) is 0 Å². The van der Waals surface area contributed by atoms with Crippen LogP contribution in [0.2, 0.25) is 0 Å². The topological polar surface area (TPSA) is 92.4 Å². The number of carboxylic acid groups (broad SMARTS) is 1. The van der Waals surface area contributed by atoms with Gasteiger partial charge in [-0.25, -0.2) is 9.59 Å². The highest BCUT2D eigenvalue weighted by molar-refractivity contribution is 5.86. The Bertz CT molecular complexity index is 534. The molecule has 1 aliphatic rings. The molecule has 1 aliphatic heterocycles. The van der Waals surface area contributed by atoms with Crippen LogP contribution in [-0.2, 0) is 6.54 Å². The third-order valence-corrected chi connectivity index (χ3v) is 3.89. The number of piperazine rings is 1. The minimum atomic E-state index is -1.10. The first-order chi connectivity index (χ1) is 9.38. The Morgan fingerprint density at radius 3 is 2.70 bits per heavy atom. The molecule has 112 valence electrons. The van der Waals surface area contributed by atoms with Gasteiger partial charge in [0.25, 0.3) is 0 Å². The van der Waals surface area contributed by atoms with Crippen LogP contribution in [0.3, 0.4) is 0 Å². The van der Waals surface area contributed by atoms with Crippen molar-refractivity contribution in [2.45, 2.75) is 26.4 Å². The van der Waals surface area contributed by atoms with Gasteiger partial charge in [-0.3, -0.25) is 9.88 Å². The molecule has 3 N–H and O–H groups in total. The number of aromatic carboxylic acids is 1. The first-order valence-corrected chi connectivity index (χ1v) is 6.85.